The van der Waals surface area contributed by atoms with Gasteiger partial charge in [-0.15, -0.1) is 0 Å². The maximum absolute atomic E-state index is 11.1. The van der Waals surface area contributed by atoms with Gasteiger partial charge in [-0.05, 0) is 30.9 Å². The molecule has 0 aliphatic heterocycles. The number of nitrogens with zero attached hydrogens (tertiary/aromatic N) is 2. The van der Waals surface area contributed by atoms with Crippen molar-refractivity contribution in [2.24, 2.45) is 5.92 Å². The zero-order valence-electron chi connectivity index (χ0n) is 10.1. The first-order valence-electron chi connectivity index (χ1n) is 6.08. The Bertz CT molecular complexity index is 400. The molecule has 2 rings (SSSR count). The van der Waals surface area contributed by atoms with Crippen LogP contribution in [0.1, 0.15) is 36.2 Å². The van der Waals surface area contributed by atoms with Gasteiger partial charge >= 0.3 is 5.97 Å². The second-order valence-corrected chi connectivity index (χ2v) is 4.71. The summed E-state index contributed by atoms with van der Waals surface area (Å²) in [5, 5.41) is 9.09. The van der Waals surface area contributed by atoms with E-state index in [0.29, 0.717) is 11.6 Å². The molecule has 1 heterocycles. The van der Waals surface area contributed by atoms with Gasteiger partial charge < -0.3 is 10.0 Å². The van der Waals surface area contributed by atoms with Crippen LogP contribution in [0.2, 0.25) is 0 Å². The highest BCUT2D eigenvalue weighted by atomic mass is 16.4. The first-order valence-corrected chi connectivity index (χ1v) is 6.08. The largest absolute Gasteiger partial charge is 0.476 e. The van der Waals surface area contributed by atoms with Crippen molar-refractivity contribution in [1.29, 1.82) is 0 Å². The molecule has 0 aromatic carbocycles. The molecule has 17 heavy (non-hydrogen) atoms. The number of aromatic carboxylic acids is 1. The molecule has 1 aliphatic rings. The molecular weight excluding hydrogens is 216 g/mol. The van der Waals surface area contributed by atoms with Gasteiger partial charge in [-0.25, -0.2) is 9.78 Å². The van der Waals surface area contributed by atoms with Crippen molar-refractivity contribution in [3.8, 4) is 0 Å². The van der Waals surface area contributed by atoms with Crippen LogP contribution < -0.4 is 4.90 Å². The van der Waals surface area contributed by atoms with Gasteiger partial charge in [0.05, 0.1) is 5.69 Å². The van der Waals surface area contributed by atoms with Crippen LogP contribution >= 0.6 is 0 Å². The van der Waals surface area contributed by atoms with Gasteiger partial charge in [-0.2, -0.15) is 0 Å². The molecule has 0 atom stereocenters. The lowest BCUT2D eigenvalue weighted by molar-refractivity contribution is 0.0691. The maximum Gasteiger partial charge on any atom is 0.356 e. The van der Waals surface area contributed by atoms with Crippen LogP contribution in [0.4, 0.5) is 5.69 Å². The fourth-order valence-electron chi connectivity index (χ4n) is 2.55. The summed E-state index contributed by atoms with van der Waals surface area (Å²) < 4.78 is 0. The van der Waals surface area contributed by atoms with Gasteiger partial charge in [0.1, 0.15) is 0 Å². The molecular formula is C13H18N2O2. The van der Waals surface area contributed by atoms with Crippen molar-refractivity contribution in [1.82, 2.24) is 4.98 Å². The van der Waals surface area contributed by atoms with E-state index in [0.717, 1.165) is 6.54 Å². The van der Waals surface area contributed by atoms with Crippen molar-refractivity contribution in [3.05, 3.63) is 24.0 Å². The van der Waals surface area contributed by atoms with Crippen LogP contribution in [-0.4, -0.2) is 29.7 Å². The van der Waals surface area contributed by atoms with Gasteiger partial charge in [0, 0.05) is 19.8 Å². The Balaban J connectivity index is 2.12. The molecule has 4 nitrogen and oxygen atoms in total. The summed E-state index contributed by atoms with van der Waals surface area (Å²) in [4.78, 5) is 17.0. The first-order chi connectivity index (χ1) is 8.18. The molecule has 0 saturated heterocycles. The van der Waals surface area contributed by atoms with Crippen LogP contribution in [0, 0.1) is 5.92 Å². The molecule has 4 heteroatoms. The van der Waals surface area contributed by atoms with Crippen LogP contribution in [0.5, 0.6) is 0 Å². The highest BCUT2D eigenvalue weighted by Gasteiger charge is 2.20. The second-order valence-electron chi connectivity index (χ2n) is 4.71. The van der Waals surface area contributed by atoms with Crippen LogP contribution in [-0.2, 0) is 0 Å². The Hall–Kier alpha value is -1.58. The summed E-state index contributed by atoms with van der Waals surface area (Å²) in [5.74, 6) is -0.263. The summed E-state index contributed by atoms with van der Waals surface area (Å²) in [6.45, 7) is 0.923. The summed E-state index contributed by atoms with van der Waals surface area (Å²) in [5.41, 5.74) is 0.861. The van der Waals surface area contributed by atoms with Crippen LogP contribution in [0.3, 0.4) is 0 Å². The van der Waals surface area contributed by atoms with Crippen molar-refractivity contribution in [2.45, 2.75) is 25.7 Å². The number of pyridine rings is 1. The number of carboxylic acids is 1. The third-order valence-electron chi connectivity index (χ3n) is 3.41. The van der Waals surface area contributed by atoms with E-state index < -0.39 is 5.97 Å². The van der Waals surface area contributed by atoms with E-state index >= 15 is 0 Å². The molecule has 0 amide bonds. The molecule has 0 radical (unpaired) electrons. The third kappa shape index (κ3) is 2.75. The molecule has 1 aromatic rings. The third-order valence-corrected chi connectivity index (χ3v) is 3.41. The molecule has 1 aliphatic carbocycles. The number of carbonyl (C=O) groups is 1. The minimum atomic E-state index is -0.959. The second kappa shape index (κ2) is 5.17. The quantitative estimate of drug-likeness (QED) is 0.869. The summed E-state index contributed by atoms with van der Waals surface area (Å²) >= 11 is 0. The van der Waals surface area contributed by atoms with Crippen molar-refractivity contribution in [2.75, 3.05) is 18.5 Å². The van der Waals surface area contributed by atoms with Gasteiger partial charge in [0.2, 0.25) is 0 Å². The number of anilines is 1. The monoisotopic (exact) mass is 234 g/mol. The molecule has 1 saturated carbocycles. The predicted octanol–water partition coefficient (Wildman–Crippen LogP) is 2.41. The Morgan fingerprint density at radius 2 is 2.24 bits per heavy atom. The van der Waals surface area contributed by atoms with E-state index in [1.807, 2.05) is 18.0 Å². The van der Waals surface area contributed by atoms with E-state index in [4.69, 9.17) is 5.11 Å². The Kier molecular flexibility index (Phi) is 3.61. The van der Waals surface area contributed by atoms with Crippen LogP contribution in [0.25, 0.3) is 0 Å². The SMILES string of the molecule is CN(CC1CCCC1)c1cccnc1C(=O)O. The smallest absolute Gasteiger partial charge is 0.356 e. The lowest BCUT2D eigenvalue weighted by Gasteiger charge is -2.23. The van der Waals surface area contributed by atoms with E-state index in [1.165, 1.54) is 31.9 Å². The predicted molar refractivity (Wildman–Crippen MR) is 66.4 cm³/mol. The molecule has 1 aromatic heterocycles. The van der Waals surface area contributed by atoms with Crippen molar-refractivity contribution in [3.63, 3.8) is 0 Å². The Morgan fingerprint density at radius 1 is 1.53 bits per heavy atom. The van der Waals surface area contributed by atoms with E-state index in [2.05, 4.69) is 4.98 Å². The fourth-order valence-corrected chi connectivity index (χ4v) is 2.55. The summed E-state index contributed by atoms with van der Waals surface area (Å²) in [6, 6.07) is 3.61. The normalized spacial score (nSPS) is 16.1. The van der Waals surface area contributed by atoms with E-state index in [9.17, 15) is 4.79 Å². The number of hydrogen-bond acceptors (Lipinski definition) is 3. The fraction of sp³-hybridized carbons (Fsp3) is 0.538. The topological polar surface area (TPSA) is 53.4 Å². The molecule has 0 bridgehead atoms. The average molecular weight is 234 g/mol. The van der Waals surface area contributed by atoms with E-state index in [1.54, 1.807) is 6.07 Å². The molecule has 92 valence electrons. The highest BCUT2D eigenvalue weighted by Crippen LogP contribution is 2.27. The van der Waals surface area contributed by atoms with Crippen molar-refractivity contribution >= 4 is 11.7 Å². The number of aromatic nitrogens is 1. The minimum absolute atomic E-state index is 0.146. The van der Waals surface area contributed by atoms with Crippen LogP contribution in [0.15, 0.2) is 18.3 Å². The minimum Gasteiger partial charge on any atom is -0.476 e. The molecule has 1 fully saturated rings. The van der Waals surface area contributed by atoms with Crippen molar-refractivity contribution < 1.29 is 9.90 Å². The Morgan fingerprint density at radius 3 is 2.88 bits per heavy atom. The average Bonchev–Trinajstić information content (AvgIpc) is 2.81. The maximum atomic E-state index is 11.1. The molecule has 0 unspecified atom stereocenters. The zero-order chi connectivity index (χ0) is 12.3. The highest BCUT2D eigenvalue weighted by molar-refractivity contribution is 5.92. The number of hydrogen-bond donors (Lipinski definition) is 1. The van der Waals surface area contributed by atoms with Gasteiger partial charge in [0.25, 0.3) is 0 Å². The first kappa shape index (κ1) is 11.9. The Labute approximate surface area is 101 Å². The lowest BCUT2D eigenvalue weighted by atomic mass is 10.1. The zero-order valence-corrected chi connectivity index (χ0v) is 10.1. The van der Waals surface area contributed by atoms with Gasteiger partial charge in [0.15, 0.2) is 5.69 Å². The standard InChI is InChI=1S/C13H18N2O2/c1-15(9-10-5-2-3-6-10)11-7-4-8-14-12(11)13(16)17/h4,7-8,10H,2-3,5-6,9H2,1H3,(H,16,17). The van der Waals surface area contributed by atoms with Gasteiger partial charge in [-0.3, -0.25) is 0 Å². The number of carboxylic acid groups (broad SMARTS) is 1. The summed E-state index contributed by atoms with van der Waals surface area (Å²) in [7, 11) is 1.95. The number of rotatable bonds is 4. The van der Waals surface area contributed by atoms with Gasteiger partial charge in [-0.1, -0.05) is 12.8 Å². The summed E-state index contributed by atoms with van der Waals surface area (Å²) in [6.07, 6.45) is 6.64. The van der Waals surface area contributed by atoms with E-state index in [-0.39, 0.29) is 5.69 Å². The molecule has 1 N–H and O–H groups in total. The molecule has 0 spiro atoms. The lowest BCUT2D eigenvalue weighted by Crippen LogP contribution is -2.26.